The quantitative estimate of drug-likeness (QED) is 0.846. The van der Waals surface area contributed by atoms with Gasteiger partial charge >= 0.3 is 0 Å². The summed E-state index contributed by atoms with van der Waals surface area (Å²) in [7, 11) is 0. The lowest BCUT2D eigenvalue weighted by molar-refractivity contribution is 0.136. The van der Waals surface area contributed by atoms with E-state index in [2.05, 4.69) is 17.0 Å². The number of nitriles is 1. The Morgan fingerprint density at radius 3 is 2.88 bits per heavy atom. The molecule has 1 aromatic rings. The summed E-state index contributed by atoms with van der Waals surface area (Å²) < 4.78 is 0. The van der Waals surface area contributed by atoms with Gasteiger partial charge in [0.1, 0.15) is 6.07 Å². The molecule has 2 rings (SSSR count). The molecule has 1 aliphatic heterocycles. The van der Waals surface area contributed by atoms with Crippen molar-refractivity contribution in [2.75, 3.05) is 18.0 Å². The van der Waals surface area contributed by atoms with Gasteiger partial charge in [-0.2, -0.15) is 5.26 Å². The van der Waals surface area contributed by atoms with Crippen molar-refractivity contribution < 1.29 is 5.11 Å². The molecule has 1 aliphatic rings. The molecule has 0 bridgehead atoms. The third kappa shape index (κ3) is 2.42. The number of aryl methyl sites for hydroxylation is 1. The summed E-state index contributed by atoms with van der Waals surface area (Å²) in [5.41, 5.74) is 2.90. The van der Waals surface area contributed by atoms with E-state index in [9.17, 15) is 5.11 Å². The Balaban J connectivity index is 2.24. The standard InChI is InChI=1S/C14H18N2O/c1-10-3-4-12(8-15)14(7-10)16-6-5-13(9-16)11(2)17/h3-4,7,11,13,17H,5-6,9H2,1-2H3. The summed E-state index contributed by atoms with van der Waals surface area (Å²) in [6, 6.07) is 8.14. The molecule has 17 heavy (non-hydrogen) atoms. The van der Waals surface area contributed by atoms with Crippen LogP contribution in [0.3, 0.4) is 0 Å². The lowest BCUT2D eigenvalue weighted by Gasteiger charge is -2.21. The number of hydrogen-bond acceptors (Lipinski definition) is 3. The third-order valence-electron chi connectivity index (χ3n) is 3.52. The molecule has 2 atom stereocenters. The average Bonchev–Trinajstić information content (AvgIpc) is 2.78. The Hall–Kier alpha value is -1.53. The normalized spacial score (nSPS) is 21.3. The maximum Gasteiger partial charge on any atom is 0.101 e. The van der Waals surface area contributed by atoms with E-state index < -0.39 is 0 Å². The van der Waals surface area contributed by atoms with Gasteiger partial charge in [-0.05, 0) is 38.0 Å². The van der Waals surface area contributed by atoms with E-state index >= 15 is 0 Å². The van der Waals surface area contributed by atoms with Gasteiger partial charge in [-0.3, -0.25) is 0 Å². The molecule has 2 unspecified atom stereocenters. The minimum absolute atomic E-state index is 0.268. The summed E-state index contributed by atoms with van der Waals surface area (Å²) in [6.45, 7) is 5.64. The molecule has 0 aromatic heterocycles. The number of benzene rings is 1. The van der Waals surface area contributed by atoms with Gasteiger partial charge in [0, 0.05) is 19.0 Å². The second-order valence-electron chi connectivity index (χ2n) is 4.87. The van der Waals surface area contributed by atoms with Crippen molar-refractivity contribution in [3.05, 3.63) is 29.3 Å². The molecule has 0 spiro atoms. The smallest absolute Gasteiger partial charge is 0.101 e. The highest BCUT2D eigenvalue weighted by Gasteiger charge is 2.27. The van der Waals surface area contributed by atoms with Crippen molar-refractivity contribution in [2.45, 2.75) is 26.4 Å². The highest BCUT2D eigenvalue weighted by atomic mass is 16.3. The number of aliphatic hydroxyl groups is 1. The van der Waals surface area contributed by atoms with Crippen LogP contribution in [0.4, 0.5) is 5.69 Å². The Kier molecular flexibility index (Phi) is 3.35. The largest absolute Gasteiger partial charge is 0.393 e. The van der Waals surface area contributed by atoms with Crippen LogP contribution in [0.15, 0.2) is 18.2 Å². The van der Waals surface area contributed by atoms with E-state index in [1.54, 1.807) is 0 Å². The molecular formula is C14H18N2O. The molecule has 1 N–H and O–H groups in total. The fourth-order valence-electron chi connectivity index (χ4n) is 2.40. The van der Waals surface area contributed by atoms with Crippen LogP contribution in [0.2, 0.25) is 0 Å². The first-order chi connectivity index (χ1) is 8.11. The van der Waals surface area contributed by atoms with E-state index in [-0.39, 0.29) is 6.10 Å². The molecular weight excluding hydrogens is 212 g/mol. The summed E-state index contributed by atoms with van der Waals surface area (Å²) >= 11 is 0. The maximum absolute atomic E-state index is 9.61. The van der Waals surface area contributed by atoms with Crippen molar-refractivity contribution in [2.24, 2.45) is 5.92 Å². The predicted molar refractivity (Wildman–Crippen MR) is 67.9 cm³/mol. The lowest BCUT2D eigenvalue weighted by atomic mass is 10.0. The van der Waals surface area contributed by atoms with Gasteiger partial charge < -0.3 is 10.0 Å². The van der Waals surface area contributed by atoms with Crippen LogP contribution < -0.4 is 4.90 Å². The summed E-state index contributed by atoms with van der Waals surface area (Å²) in [5, 5.41) is 18.7. The zero-order chi connectivity index (χ0) is 12.4. The minimum Gasteiger partial charge on any atom is -0.393 e. The molecule has 0 amide bonds. The molecule has 1 heterocycles. The van der Waals surface area contributed by atoms with Gasteiger partial charge in [-0.15, -0.1) is 0 Å². The number of rotatable bonds is 2. The van der Waals surface area contributed by atoms with Crippen LogP contribution in [0.1, 0.15) is 24.5 Å². The highest BCUT2D eigenvalue weighted by Crippen LogP contribution is 2.29. The van der Waals surface area contributed by atoms with Crippen molar-refractivity contribution in [3.8, 4) is 6.07 Å². The second-order valence-corrected chi connectivity index (χ2v) is 4.87. The topological polar surface area (TPSA) is 47.3 Å². The molecule has 3 heteroatoms. The SMILES string of the molecule is Cc1ccc(C#N)c(N2CCC(C(C)O)C2)c1. The van der Waals surface area contributed by atoms with Gasteiger partial charge in [0.15, 0.2) is 0 Å². The zero-order valence-electron chi connectivity index (χ0n) is 10.3. The number of anilines is 1. The number of nitrogens with zero attached hydrogens (tertiary/aromatic N) is 2. The molecule has 3 nitrogen and oxygen atoms in total. The van der Waals surface area contributed by atoms with E-state index in [0.717, 1.165) is 30.8 Å². The van der Waals surface area contributed by atoms with Crippen LogP contribution in [0, 0.1) is 24.2 Å². The van der Waals surface area contributed by atoms with Crippen molar-refractivity contribution in [3.63, 3.8) is 0 Å². The highest BCUT2D eigenvalue weighted by molar-refractivity contribution is 5.61. The lowest BCUT2D eigenvalue weighted by Crippen LogP contribution is -2.24. The average molecular weight is 230 g/mol. The minimum atomic E-state index is -0.268. The fourth-order valence-corrected chi connectivity index (χ4v) is 2.40. The molecule has 0 saturated carbocycles. The number of aliphatic hydroxyl groups excluding tert-OH is 1. The summed E-state index contributed by atoms with van der Waals surface area (Å²) in [4.78, 5) is 2.21. The number of hydrogen-bond donors (Lipinski definition) is 1. The van der Waals surface area contributed by atoms with E-state index in [1.165, 1.54) is 5.56 Å². The van der Waals surface area contributed by atoms with Crippen LogP contribution in [0.25, 0.3) is 0 Å². The molecule has 1 saturated heterocycles. The van der Waals surface area contributed by atoms with E-state index in [1.807, 2.05) is 26.0 Å². The second kappa shape index (κ2) is 4.77. The van der Waals surface area contributed by atoms with Gasteiger partial charge in [0.05, 0.1) is 17.4 Å². The van der Waals surface area contributed by atoms with E-state index in [4.69, 9.17) is 5.26 Å². The molecule has 90 valence electrons. The molecule has 1 fully saturated rings. The Bertz CT molecular complexity index is 448. The van der Waals surface area contributed by atoms with Gasteiger partial charge in [0.25, 0.3) is 0 Å². The maximum atomic E-state index is 9.61. The monoisotopic (exact) mass is 230 g/mol. The first-order valence-electron chi connectivity index (χ1n) is 6.05. The van der Waals surface area contributed by atoms with Gasteiger partial charge in [-0.1, -0.05) is 6.07 Å². The molecule has 1 aromatic carbocycles. The van der Waals surface area contributed by atoms with Crippen molar-refractivity contribution >= 4 is 5.69 Å². The Morgan fingerprint density at radius 2 is 2.29 bits per heavy atom. The van der Waals surface area contributed by atoms with E-state index in [0.29, 0.717) is 5.92 Å². The van der Waals surface area contributed by atoms with Crippen LogP contribution in [-0.4, -0.2) is 24.3 Å². The zero-order valence-corrected chi connectivity index (χ0v) is 10.3. The fraction of sp³-hybridized carbons (Fsp3) is 0.500. The van der Waals surface area contributed by atoms with Gasteiger partial charge in [0.2, 0.25) is 0 Å². The molecule has 0 radical (unpaired) electrons. The summed E-state index contributed by atoms with van der Waals surface area (Å²) in [6.07, 6.45) is 0.728. The first kappa shape index (κ1) is 11.9. The van der Waals surface area contributed by atoms with Crippen LogP contribution >= 0.6 is 0 Å². The predicted octanol–water partition coefficient (Wildman–Crippen LogP) is 2.07. The Labute approximate surface area is 102 Å². The third-order valence-corrected chi connectivity index (χ3v) is 3.52. The molecule has 0 aliphatic carbocycles. The van der Waals surface area contributed by atoms with Crippen molar-refractivity contribution in [1.82, 2.24) is 0 Å². The van der Waals surface area contributed by atoms with Crippen LogP contribution in [0.5, 0.6) is 0 Å². The van der Waals surface area contributed by atoms with Gasteiger partial charge in [-0.25, -0.2) is 0 Å². The Morgan fingerprint density at radius 1 is 1.53 bits per heavy atom. The van der Waals surface area contributed by atoms with Crippen molar-refractivity contribution in [1.29, 1.82) is 5.26 Å². The van der Waals surface area contributed by atoms with Crippen LogP contribution in [-0.2, 0) is 0 Å². The summed E-state index contributed by atoms with van der Waals surface area (Å²) in [5.74, 6) is 0.321. The first-order valence-corrected chi connectivity index (χ1v) is 6.05.